The minimum absolute atomic E-state index is 0. The van der Waals surface area contributed by atoms with Gasteiger partial charge in [0.05, 0.1) is 0 Å². The van der Waals surface area contributed by atoms with Crippen molar-refractivity contribution in [3.05, 3.63) is 30.3 Å². The van der Waals surface area contributed by atoms with Gasteiger partial charge in [-0.2, -0.15) is 0 Å². The van der Waals surface area contributed by atoms with Gasteiger partial charge >= 0.3 is 0 Å². The van der Waals surface area contributed by atoms with Crippen molar-refractivity contribution in [1.29, 1.82) is 0 Å². The Hall–Kier alpha value is -0.763. The summed E-state index contributed by atoms with van der Waals surface area (Å²) in [6.45, 7) is 3.48. The van der Waals surface area contributed by atoms with E-state index < -0.39 is 0 Å². The van der Waals surface area contributed by atoms with Crippen molar-refractivity contribution >= 4 is 16.7 Å². The van der Waals surface area contributed by atoms with Gasteiger partial charge in [-0.3, -0.25) is 0 Å². The quantitative estimate of drug-likeness (QED) is 0.742. The van der Waals surface area contributed by atoms with Crippen LogP contribution < -0.4 is 4.90 Å². The summed E-state index contributed by atoms with van der Waals surface area (Å²) in [5, 5.41) is 0. The lowest BCUT2D eigenvalue weighted by Gasteiger charge is -2.36. The fourth-order valence-corrected chi connectivity index (χ4v) is 2.78. The monoisotopic (exact) mass is 249 g/mol. The van der Waals surface area contributed by atoms with E-state index in [1.54, 1.807) is 0 Å². The van der Waals surface area contributed by atoms with Crippen molar-refractivity contribution in [2.75, 3.05) is 11.4 Å². The van der Waals surface area contributed by atoms with Gasteiger partial charge in [0, 0.05) is 18.3 Å². The number of benzene rings is 1. The maximum Gasteiger partial charge on any atom is 0.0368 e. The van der Waals surface area contributed by atoms with Crippen LogP contribution in [-0.4, -0.2) is 23.6 Å². The van der Waals surface area contributed by atoms with Crippen LogP contribution in [0.3, 0.4) is 0 Å². The highest BCUT2D eigenvalue weighted by Crippen LogP contribution is 2.27. The minimum atomic E-state index is 0. The molecule has 0 atom stereocenters. The van der Waals surface area contributed by atoms with E-state index in [9.17, 15) is 0 Å². The lowest BCUT2D eigenvalue weighted by Crippen LogP contribution is -2.37. The third-order valence-corrected chi connectivity index (χ3v) is 3.57. The molecule has 0 spiro atoms. The maximum absolute atomic E-state index is 2.62. The van der Waals surface area contributed by atoms with E-state index >= 15 is 0 Å². The average molecular weight is 249 g/mol. The van der Waals surface area contributed by atoms with E-state index in [1.165, 1.54) is 50.8 Å². The molecule has 1 aliphatic carbocycles. The zero-order chi connectivity index (χ0) is 11.2. The molecule has 0 bridgehead atoms. The molecule has 0 radical (unpaired) electrons. The Balaban J connectivity index is 0.00000144. The van der Waals surface area contributed by atoms with Crippen molar-refractivity contribution in [3.8, 4) is 0 Å². The summed E-state index contributed by atoms with van der Waals surface area (Å²) in [5.74, 6) is 0. The minimum Gasteiger partial charge on any atom is -0.369 e. The summed E-state index contributed by atoms with van der Waals surface area (Å²) in [7, 11) is 0. The molecule has 1 aromatic carbocycles. The van der Waals surface area contributed by atoms with Crippen molar-refractivity contribution in [2.24, 2.45) is 0 Å². The van der Waals surface area contributed by atoms with Crippen LogP contribution in [0, 0.1) is 0 Å². The predicted octanol–water partition coefficient (Wildman–Crippen LogP) is 2.78. The third-order valence-electron chi connectivity index (χ3n) is 3.57. The highest BCUT2D eigenvalue weighted by atomic mass is 28.1. The topological polar surface area (TPSA) is 3.24 Å². The number of para-hydroxylation sites is 1. The highest BCUT2D eigenvalue weighted by molar-refractivity contribution is 5.75. The third kappa shape index (κ3) is 3.88. The number of hydrogen-bond donors (Lipinski definition) is 0. The molecular weight excluding hydrogens is 222 g/mol. The molecule has 0 amide bonds. The molecule has 0 unspecified atom stereocenters. The molecule has 1 aliphatic rings. The molecule has 1 fully saturated rings. The second-order valence-electron chi connectivity index (χ2n) is 4.82. The van der Waals surface area contributed by atoms with E-state index in [4.69, 9.17) is 0 Å². The van der Waals surface area contributed by atoms with Crippen LogP contribution >= 0.6 is 0 Å². The molecule has 0 N–H and O–H groups in total. The van der Waals surface area contributed by atoms with Gasteiger partial charge in [-0.15, -0.1) is 0 Å². The van der Waals surface area contributed by atoms with Crippen molar-refractivity contribution in [2.45, 2.75) is 51.5 Å². The largest absolute Gasteiger partial charge is 0.369 e. The van der Waals surface area contributed by atoms with E-state index in [-0.39, 0.29) is 11.0 Å². The van der Waals surface area contributed by atoms with E-state index in [1.807, 2.05) is 0 Å². The van der Waals surface area contributed by atoms with Gasteiger partial charge in [-0.05, 0) is 42.4 Å². The first-order chi connectivity index (χ1) is 7.92. The number of hydrogen-bond acceptors (Lipinski definition) is 1. The Morgan fingerprint density at radius 1 is 1.06 bits per heavy atom. The first-order valence-corrected chi connectivity index (χ1v) is 6.73. The van der Waals surface area contributed by atoms with Crippen LogP contribution in [0.4, 0.5) is 5.69 Å². The van der Waals surface area contributed by atoms with Crippen molar-refractivity contribution in [1.82, 2.24) is 0 Å². The molecule has 1 nitrogen and oxygen atoms in total. The van der Waals surface area contributed by atoms with Crippen LogP contribution in [-0.2, 0) is 0 Å². The first-order valence-electron chi connectivity index (χ1n) is 6.73. The van der Waals surface area contributed by atoms with E-state index in [0.717, 1.165) is 6.04 Å². The molecule has 0 saturated heterocycles. The smallest absolute Gasteiger partial charge is 0.0368 e. The van der Waals surface area contributed by atoms with Gasteiger partial charge in [0.2, 0.25) is 0 Å². The Bertz CT molecular complexity index is 293. The van der Waals surface area contributed by atoms with Crippen LogP contribution in [0.15, 0.2) is 30.3 Å². The van der Waals surface area contributed by atoms with Crippen LogP contribution in [0.5, 0.6) is 0 Å². The standard InChI is InChI=1S/C15H23N.H4Si/c1-2-13-16(14-9-5-3-6-10-14)15-11-7-4-8-12-15;/h3,5-6,9-10,15H,2,4,7-8,11-13H2,1H3;1H4. The van der Waals surface area contributed by atoms with Gasteiger partial charge in [0.1, 0.15) is 0 Å². The molecule has 0 aliphatic heterocycles. The number of nitrogens with zero attached hydrogens (tertiary/aromatic N) is 1. The van der Waals surface area contributed by atoms with Gasteiger partial charge in [0.15, 0.2) is 0 Å². The van der Waals surface area contributed by atoms with Crippen LogP contribution in [0.25, 0.3) is 0 Å². The molecule has 0 heterocycles. The summed E-state index contributed by atoms with van der Waals surface area (Å²) in [5.41, 5.74) is 1.41. The molecule has 0 aromatic heterocycles. The molecule has 2 rings (SSSR count). The fourth-order valence-electron chi connectivity index (χ4n) is 2.78. The fraction of sp³-hybridized carbons (Fsp3) is 0.600. The Labute approximate surface area is 110 Å². The Morgan fingerprint density at radius 3 is 2.29 bits per heavy atom. The molecule has 1 saturated carbocycles. The maximum atomic E-state index is 2.62. The molecular formula is C15H27NSi. The summed E-state index contributed by atoms with van der Waals surface area (Å²) in [6, 6.07) is 11.7. The van der Waals surface area contributed by atoms with Crippen molar-refractivity contribution < 1.29 is 0 Å². The number of anilines is 1. The van der Waals surface area contributed by atoms with E-state index in [2.05, 4.69) is 42.2 Å². The Morgan fingerprint density at radius 2 is 1.71 bits per heavy atom. The normalized spacial score (nSPS) is 16.3. The molecule has 1 aromatic rings. The zero-order valence-corrected chi connectivity index (χ0v) is 10.4. The van der Waals surface area contributed by atoms with Gasteiger partial charge in [-0.1, -0.05) is 44.4 Å². The van der Waals surface area contributed by atoms with Crippen LogP contribution in [0.2, 0.25) is 0 Å². The molecule has 17 heavy (non-hydrogen) atoms. The zero-order valence-electron chi connectivity index (χ0n) is 10.4. The van der Waals surface area contributed by atoms with Gasteiger partial charge in [-0.25, -0.2) is 0 Å². The first kappa shape index (κ1) is 14.3. The summed E-state index contributed by atoms with van der Waals surface area (Å²) >= 11 is 0. The summed E-state index contributed by atoms with van der Waals surface area (Å²) in [6.07, 6.45) is 8.27. The second kappa shape index (κ2) is 7.54. The highest BCUT2D eigenvalue weighted by Gasteiger charge is 2.20. The number of rotatable bonds is 4. The molecule has 96 valence electrons. The summed E-state index contributed by atoms with van der Waals surface area (Å²) < 4.78 is 0. The van der Waals surface area contributed by atoms with Crippen molar-refractivity contribution in [3.63, 3.8) is 0 Å². The lowest BCUT2D eigenvalue weighted by molar-refractivity contribution is 0.414. The molecule has 2 heteroatoms. The van der Waals surface area contributed by atoms with Gasteiger partial charge < -0.3 is 4.90 Å². The van der Waals surface area contributed by atoms with E-state index in [0.29, 0.717) is 0 Å². The average Bonchev–Trinajstić information content (AvgIpc) is 2.38. The summed E-state index contributed by atoms with van der Waals surface area (Å²) in [4.78, 5) is 2.62. The predicted molar refractivity (Wildman–Crippen MR) is 82.3 cm³/mol. The van der Waals surface area contributed by atoms with Crippen LogP contribution in [0.1, 0.15) is 45.4 Å². The second-order valence-corrected chi connectivity index (χ2v) is 4.82. The van der Waals surface area contributed by atoms with Gasteiger partial charge in [0.25, 0.3) is 0 Å². The Kier molecular flexibility index (Phi) is 6.34. The SMILES string of the molecule is CCCN(c1ccccc1)C1CCCCC1.[SiH4]. The lowest BCUT2D eigenvalue weighted by atomic mass is 9.93.